The monoisotopic (exact) mass is 558 g/mol. The Balaban J connectivity index is 1.32. The molecule has 3 unspecified atom stereocenters. The molecule has 0 aliphatic carbocycles. The summed E-state index contributed by atoms with van der Waals surface area (Å²) in [5, 5.41) is 4.88. The molecule has 2 aliphatic rings. The number of nitrogens with one attached hydrogen (secondary N) is 1. The van der Waals surface area contributed by atoms with E-state index in [0.29, 0.717) is 24.9 Å². The van der Waals surface area contributed by atoms with Crippen LogP contribution in [0.15, 0.2) is 66.3 Å². The van der Waals surface area contributed by atoms with E-state index in [-0.39, 0.29) is 47.9 Å². The highest BCUT2D eigenvalue weighted by Crippen LogP contribution is 2.31. The van der Waals surface area contributed by atoms with Crippen LogP contribution in [0, 0.1) is 0 Å². The zero-order valence-corrected chi connectivity index (χ0v) is 23.8. The minimum Gasteiger partial charge on any atom is -0.340 e. The molecule has 3 aromatic rings. The molecule has 0 bridgehead atoms. The zero-order valence-electron chi connectivity index (χ0n) is 23.0. The van der Waals surface area contributed by atoms with Crippen LogP contribution in [-0.2, 0) is 32.6 Å². The summed E-state index contributed by atoms with van der Waals surface area (Å²) < 4.78 is 0. The lowest BCUT2D eigenvalue weighted by molar-refractivity contribution is -0.138. The number of fused-ring (bicyclic) bond motifs is 1. The third kappa shape index (κ3) is 5.84. The van der Waals surface area contributed by atoms with Crippen molar-refractivity contribution in [3.05, 3.63) is 87.9 Å². The summed E-state index contributed by atoms with van der Waals surface area (Å²) in [6.07, 6.45) is 4.30. The molecule has 0 saturated carbocycles. The molecule has 0 spiro atoms. The van der Waals surface area contributed by atoms with Gasteiger partial charge in [0, 0.05) is 35.8 Å². The summed E-state index contributed by atoms with van der Waals surface area (Å²) in [6.45, 7) is 6.67. The molecule has 0 radical (unpaired) electrons. The smallest absolute Gasteiger partial charge is 0.251 e. The minimum absolute atomic E-state index is 0.0136. The van der Waals surface area contributed by atoms with Crippen molar-refractivity contribution in [2.24, 2.45) is 0 Å². The van der Waals surface area contributed by atoms with Crippen LogP contribution >= 0.6 is 11.3 Å². The Morgan fingerprint density at radius 1 is 1.07 bits per heavy atom. The number of hydrogen-bond acceptors (Lipinski definition) is 6. The number of pyridine rings is 1. The van der Waals surface area contributed by atoms with Crippen molar-refractivity contribution in [2.75, 3.05) is 13.1 Å². The fraction of sp³-hybridized carbons (Fsp3) is 0.387. The Labute approximate surface area is 238 Å². The lowest BCUT2D eigenvalue weighted by Crippen LogP contribution is -2.53. The van der Waals surface area contributed by atoms with Gasteiger partial charge in [-0.2, -0.15) is 0 Å². The Morgan fingerprint density at radius 3 is 2.50 bits per heavy atom. The van der Waals surface area contributed by atoms with E-state index in [4.69, 9.17) is 0 Å². The first-order chi connectivity index (χ1) is 19.1. The summed E-state index contributed by atoms with van der Waals surface area (Å²) in [5.41, 5.74) is 2.32. The van der Waals surface area contributed by atoms with E-state index < -0.39 is 12.1 Å². The molecule has 3 atom stereocenters. The van der Waals surface area contributed by atoms with E-state index in [1.807, 2.05) is 35.7 Å². The van der Waals surface area contributed by atoms with Gasteiger partial charge in [0.25, 0.3) is 5.91 Å². The van der Waals surface area contributed by atoms with Crippen LogP contribution in [0.5, 0.6) is 0 Å². The second-order valence-corrected chi connectivity index (χ2v) is 12.5. The maximum Gasteiger partial charge on any atom is 0.251 e. The van der Waals surface area contributed by atoms with Crippen LogP contribution in [0.25, 0.3) is 0 Å². The highest BCUT2D eigenvalue weighted by molar-refractivity contribution is 7.09. The van der Waals surface area contributed by atoms with Crippen LogP contribution in [-0.4, -0.2) is 69.5 Å². The van der Waals surface area contributed by atoms with Gasteiger partial charge in [0.15, 0.2) is 5.78 Å². The standard InChI is InChI=1S/C31H34N4O4S/c1-31(2,3)22-10-8-21(9-11-22)29(38)33-24(17-23-7-5-15-40-23)30(39)34-14-12-25-28(34)26(36)19-35(25)27(37)16-20-6-4-13-32-18-20/h4-11,13,15,18,24-25,28H,12,14,16-17,19H2,1-3H3,(H,33,38). The normalized spacial score (nSPS) is 19.4. The number of thiophene rings is 1. The predicted molar refractivity (Wildman–Crippen MR) is 153 cm³/mol. The molecule has 3 amide bonds. The molecular formula is C31H34N4O4S. The van der Waals surface area contributed by atoms with Crippen molar-refractivity contribution >= 4 is 34.8 Å². The molecule has 2 fully saturated rings. The number of carbonyl (C=O) groups is 4. The lowest BCUT2D eigenvalue weighted by atomic mass is 9.86. The number of likely N-dealkylation sites (tertiary alicyclic amines) is 2. The molecular weight excluding hydrogens is 524 g/mol. The number of carbonyl (C=O) groups excluding carboxylic acids is 4. The molecule has 4 heterocycles. The molecule has 40 heavy (non-hydrogen) atoms. The summed E-state index contributed by atoms with van der Waals surface area (Å²) in [6, 6.07) is 13.0. The number of nitrogens with zero attached hydrogens (tertiary/aromatic N) is 3. The first-order valence-electron chi connectivity index (χ1n) is 13.6. The molecule has 9 heteroatoms. The maximum atomic E-state index is 13.9. The molecule has 8 nitrogen and oxygen atoms in total. The number of Topliss-reactive ketones (excluding diaryl/α,β-unsaturated/α-hetero) is 1. The summed E-state index contributed by atoms with van der Waals surface area (Å²) in [4.78, 5) is 61.7. The first-order valence-corrected chi connectivity index (χ1v) is 14.4. The second-order valence-electron chi connectivity index (χ2n) is 11.5. The van der Waals surface area contributed by atoms with Gasteiger partial charge >= 0.3 is 0 Å². The molecule has 5 rings (SSSR count). The van der Waals surface area contributed by atoms with Crippen molar-refractivity contribution in [3.63, 3.8) is 0 Å². The lowest BCUT2D eigenvalue weighted by Gasteiger charge is -2.28. The third-order valence-electron chi connectivity index (χ3n) is 7.71. The number of rotatable bonds is 7. The van der Waals surface area contributed by atoms with Crippen molar-refractivity contribution in [1.82, 2.24) is 20.1 Å². The summed E-state index contributed by atoms with van der Waals surface area (Å²) in [5.74, 6) is -0.924. The third-order valence-corrected chi connectivity index (χ3v) is 8.60. The summed E-state index contributed by atoms with van der Waals surface area (Å²) in [7, 11) is 0. The molecule has 1 N–H and O–H groups in total. The van der Waals surface area contributed by atoms with Crippen molar-refractivity contribution in [1.29, 1.82) is 0 Å². The quantitative estimate of drug-likeness (QED) is 0.479. The zero-order chi connectivity index (χ0) is 28.4. The maximum absolute atomic E-state index is 13.9. The van der Waals surface area contributed by atoms with Crippen molar-refractivity contribution in [2.45, 2.75) is 63.6 Å². The van der Waals surface area contributed by atoms with E-state index >= 15 is 0 Å². The molecule has 208 valence electrons. The molecule has 2 aromatic heterocycles. The van der Waals surface area contributed by atoms with Gasteiger partial charge < -0.3 is 15.1 Å². The highest BCUT2D eigenvalue weighted by atomic mass is 32.1. The van der Waals surface area contributed by atoms with E-state index in [1.54, 1.807) is 40.4 Å². The van der Waals surface area contributed by atoms with Gasteiger partial charge in [0.05, 0.1) is 19.0 Å². The largest absolute Gasteiger partial charge is 0.340 e. The number of amides is 3. The van der Waals surface area contributed by atoms with Gasteiger partial charge in [0.2, 0.25) is 11.8 Å². The second kappa shape index (κ2) is 11.3. The highest BCUT2D eigenvalue weighted by Gasteiger charge is 2.52. The van der Waals surface area contributed by atoms with Gasteiger partial charge in [-0.25, -0.2) is 0 Å². The fourth-order valence-electron chi connectivity index (χ4n) is 5.56. The van der Waals surface area contributed by atoms with Gasteiger partial charge in [-0.15, -0.1) is 11.3 Å². The van der Waals surface area contributed by atoms with Gasteiger partial charge in [-0.1, -0.05) is 45.0 Å². The SMILES string of the molecule is CC(C)(C)c1ccc(C(=O)NC(Cc2cccs2)C(=O)N2CCC3C2C(=O)CN3C(=O)Cc2cccnc2)cc1. The van der Waals surface area contributed by atoms with Gasteiger partial charge in [0.1, 0.15) is 12.1 Å². The van der Waals surface area contributed by atoms with E-state index in [0.717, 1.165) is 16.0 Å². The predicted octanol–water partition coefficient (Wildman–Crippen LogP) is 3.41. The van der Waals surface area contributed by atoms with Gasteiger partial charge in [-0.05, 0) is 52.6 Å². The van der Waals surface area contributed by atoms with E-state index in [1.165, 1.54) is 11.3 Å². The molecule has 1 aromatic carbocycles. The van der Waals surface area contributed by atoms with Crippen LogP contribution in [0.3, 0.4) is 0 Å². The van der Waals surface area contributed by atoms with Crippen molar-refractivity contribution < 1.29 is 19.2 Å². The fourth-order valence-corrected chi connectivity index (χ4v) is 6.31. The first kappa shape index (κ1) is 27.7. The number of ketones is 1. The number of benzene rings is 1. The Kier molecular flexibility index (Phi) is 7.85. The number of aromatic nitrogens is 1. The minimum atomic E-state index is -0.833. The molecule has 2 saturated heterocycles. The summed E-state index contributed by atoms with van der Waals surface area (Å²) >= 11 is 1.52. The van der Waals surface area contributed by atoms with Gasteiger partial charge in [-0.3, -0.25) is 24.2 Å². The van der Waals surface area contributed by atoms with E-state index in [9.17, 15) is 19.2 Å². The van der Waals surface area contributed by atoms with Crippen LogP contribution in [0.1, 0.15) is 53.6 Å². The Morgan fingerprint density at radius 2 is 1.85 bits per heavy atom. The van der Waals surface area contributed by atoms with Crippen LogP contribution < -0.4 is 5.32 Å². The topological polar surface area (TPSA) is 99.7 Å². The Bertz CT molecular complexity index is 1380. The average Bonchev–Trinajstić information content (AvgIpc) is 3.67. The van der Waals surface area contributed by atoms with E-state index in [2.05, 4.69) is 31.1 Å². The Hall–Kier alpha value is -3.85. The average molecular weight is 559 g/mol. The van der Waals surface area contributed by atoms with Crippen molar-refractivity contribution in [3.8, 4) is 0 Å². The molecule has 2 aliphatic heterocycles. The van der Waals surface area contributed by atoms with Crippen LogP contribution in [0.2, 0.25) is 0 Å². The van der Waals surface area contributed by atoms with Crippen LogP contribution in [0.4, 0.5) is 0 Å². The number of hydrogen-bond donors (Lipinski definition) is 1.